The molecular weight excluding hydrogens is 392 g/mol. The van der Waals surface area contributed by atoms with Gasteiger partial charge in [-0.3, -0.25) is 4.79 Å². The number of carbonyl (C=O) groups is 2. The zero-order valence-corrected chi connectivity index (χ0v) is 16.6. The summed E-state index contributed by atoms with van der Waals surface area (Å²) in [5.41, 5.74) is 7.35. The predicted octanol–water partition coefficient (Wildman–Crippen LogP) is 4.30. The van der Waals surface area contributed by atoms with Crippen LogP contribution in [0.5, 0.6) is 0 Å². The maximum atomic E-state index is 12.3. The molecule has 2 aromatic carbocycles. The highest BCUT2D eigenvalue weighted by Crippen LogP contribution is 2.28. The molecule has 7 nitrogen and oxygen atoms in total. The second-order valence-corrected chi connectivity index (χ2v) is 6.91. The maximum Gasteiger partial charge on any atom is 0.316 e. The third-order valence-corrected chi connectivity index (χ3v) is 4.64. The van der Waals surface area contributed by atoms with Gasteiger partial charge in [-0.05, 0) is 36.8 Å². The number of amides is 3. The van der Waals surface area contributed by atoms with Crippen molar-refractivity contribution in [2.24, 2.45) is 5.73 Å². The van der Waals surface area contributed by atoms with E-state index in [-0.39, 0.29) is 18.4 Å². The second kappa shape index (κ2) is 9.25. The number of anilines is 1. The molecule has 3 rings (SSSR count). The van der Waals surface area contributed by atoms with Gasteiger partial charge in [0, 0.05) is 24.1 Å². The van der Waals surface area contributed by atoms with Crippen LogP contribution in [-0.4, -0.2) is 16.9 Å². The van der Waals surface area contributed by atoms with Gasteiger partial charge < -0.3 is 20.8 Å². The first-order valence-electron chi connectivity index (χ1n) is 9.08. The van der Waals surface area contributed by atoms with Crippen molar-refractivity contribution in [3.05, 3.63) is 71.2 Å². The lowest BCUT2D eigenvalue weighted by molar-refractivity contribution is -0.121. The Morgan fingerprint density at radius 3 is 2.59 bits per heavy atom. The number of hydrogen-bond donors (Lipinski definition) is 3. The highest BCUT2D eigenvalue weighted by atomic mass is 35.5. The molecule has 1 aromatic heterocycles. The number of aromatic nitrogens is 1. The molecule has 0 saturated carbocycles. The molecule has 0 radical (unpaired) electrons. The van der Waals surface area contributed by atoms with Crippen LogP contribution in [0.15, 0.2) is 59.1 Å². The van der Waals surface area contributed by atoms with Crippen LogP contribution >= 0.6 is 11.6 Å². The molecule has 0 aliphatic carbocycles. The Balaban J connectivity index is 1.52. The van der Waals surface area contributed by atoms with E-state index in [0.29, 0.717) is 28.8 Å². The van der Waals surface area contributed by atoms with Crippen LogP contribution in [-0.2, 0) is 11.2 Å². The first-order chi connectivity index (χ1) is 13.9. The van der Waals surface area contributed by atoms with Gasteiger partial charge in [-0.15, -0.1) is 0 Å². The van der Waals surface area contributed by atoms with Gasteiger partial charge in [0.2, 0.25) is 5.91 Å². The van der Waals surface area contributed by atoms with Gasteiger partial charge in [0.1, 0.15) is 0 Å². The highest BCUT2D eigenvalue weighted by Gasteiger charge is 2.13. The van der Waals surface area contributed by atoms with Crippen LogP contribution in [0.1, 0.15) is 30.8 Å². The van der Waals surface area contributed by atoms with Crippen LogP contribution in [0.25, 0.3) is 11.3 Å². The zero-order valence-electron chi connectivity index (χ0n) is 15.8. The van der Waals surface area contributed by atoms with E-state index in [0.717, 1.165) is 11.1 Å². The number of nitrogens with one attached hydrogen (secondary N) is 2. The molecule has 8 heteroatoms. The molecule has 29 heavy (non-hydrogen) atoms. The average molecular weight is 413 g/mol. The van der Waals surface area contributed by atoms with E-state index in [1.165, 1.54) is 0 Å². The van der Waals surface area contributed by atoms with Gasteiger partial charge in [-0.25, -0.2) is 9.78 Å². The van der Waals surface area contributed by atoms with Gasteiger partial charge in [0.25, 0.3) is 0 Å². The minimum absolute atomic E-state index is 0.116. The van der Waals surface area contributed by atoms with Crippen LogP contribution in [0.4, 0.5) is 10.5 Å². The fourth-order valence-corrected chi connectivity index (χ4v) is 3.06. The predicted molar refractivity (Wildman–Crippen MR) is 111 cm³/mol. The summed E-state index contributed by atoms with van der Waals surface area (Å²) >= 11 is 6.17. The van der Waals surface area contributed by atoms with Crippen molar-refractivity contribution in [2.75, 3.05) is 5.32 Å². The Bertz CT molecular complexity index is 1000. The van der Waals surface area contributed by atoms with E-state index in [1.807, 2.05) is 37.3 Å². The van der Waals surface area contributed by atoms with Crippen LogP contribution < -0.4 is 16.4 Å². The first kappa shape index (κ1) is 20.4. The molecule has 4 N–H and O–H groups in total. The zero-order chi connectivity index (χ0) is 20.8. The topological polar surface area (TPSA) is 110 Å². The van der Waals surface area contributed by atoms with Crippen molar-refractivity contribution < 1.29 is 14.0 Å². The number of hydrogen-bond acceptors (Lipinski definition) is 4. The van der Waals surface area contributed by atoms with Gasteiger partial charge in [-0.1, -0.05) is 35.9 Å². The first-order valence-corrected chi connectivity index (χ1v) is 9.45. The van der Waals surface area contributed by atoms with E-state index in [4.69, 9.17) is 21.8 Å². The van der Waals surface area contributed by atoms with Crippen LogP contribution in [0.2, 0.25) is 5.02 Å². The van der Waals surface area contributed by atoms with E-state index >= 15 is 0 Å². The summed E-state index contributed by atoms with van der Waals surface area (Å²) in [5, 5.41) is 6.01. The number of oxazole rings is 1. The third-order valence-electron chi connectivity index (χ3n) is 4.31. The molecule has 0 bridgehead atoms. The molecule has 3 aromatic rings. The monoisotopic (exact) mass is 412 g/mol. The normalized spacial score (nSPS) is 11.7. The fourth-order valence-electron chi connectivity index (χ4n) is 2.83. The number of carbonyl (C=O) groups excluding carboxylic acids is 2. The number of urea groups is 1. The Hall–Kier alpha value is -3.32. The summed E-state index contributed by atoms with van der Waals surface area (Å²) in [4.78, 5) is 27.3. The lowest BCUT2D eigenvalue weighted by atomic mass is 10.1. The summed E-state index contributed by atoms with van der Waals surface area (Å²) in [5.74, 6) is 0.933. The number of rotatable bonds is 7. The Morgan fingerprint density at radius 2 is 1.90 bits per heavy atom. The van der Waals surface area contributed by atoms with E-state index in [9.17, 15) is 9.59 Å². The fraction of sp³-hybridized carbons (Fsp3) is 0.190. The number of aryl methyl sites for hydroxylation is 1. The number of halogens is 1. The highest BCUT2D eigenvalue weighted by molar-refractivity contribution is 6.33. The average Bonchev–Trinajstić information content (AvgIpc) is 3.15. The minimum atomic E-state index is -0.622. The van der Waals surface area contributed by atoms with Crippen LogP contribution in [0, 0.1) is 0 Å². The lowest BCUT2D eigenvalue weighted by Crippen LogP contribution is -2.26. The molecule has 1 heterocycles. The molecule has 0 saturated heterocycles. The Morgan fingerprint density at radius 1 is 1.17 bits per heavy atom. The van der Waals surface area contributed by atoms with Crippen molar-refractivity contribution in [3.8, 4) is 11.3 Å². The van der Waals surface area contributed by atoms with Crippen molar-refractivity contribution in [3.63, 3.8) is 0 Å². The smallest absolute Gasteiger partial charge is 0.316 e. The molecule has 0 fully saturated rings. The molecule has 0 aliphatic rings. The largest absolute Gasteiger partial charge is 0.441 e. The van der Waals surface area contributed by atoms with Gasteiger partial charge in [0.15, 0.2) is 11.7 Å². The van der Waals surface area contributed by atoms with Gasteiger partial charge >= 0.3 is 6.03 Å². The van der Waals surface area contributed by atoms with E-state index in [1.54, 1.807) is 24.4 Å². The Kier molecular flexibility index (Phi) is 6.51. The number of nitrogens with two attached hydrogens (primary N) is 1. The number of benzene rings is 2. The van der Waals surface area contributed by atoms with Gasteiger partial charge in [-0.2, -0.15) is 0 Å². The summed E-state index contributed by atoms with van der Waals surface area (Å²) < 4.78 is 5.72. The molecular formula is C21H21ClN4O3. The Labute approximate surface area is 173 Å². The summed E-state index contributed by atoms with van der Waals surface area (Å²) in [6.45, 7) is 1.88. The number of nitrogens with zero attached hydrogens (tertiary/aromatic N) is 1. The maximum absolute atomic E-state index is 12.3. The van der Waals surface area contributed by atoms with E-state index in [2.05, 4.69) is 15.6 Å². The van der Waals surface area contributed by atoms with Crippen molar-refractivity contribution >= 4 is 29.2 Å². The molecule has 150 valence electrons. The van der Waals surface area contributed by atoms with Crippen molar-refractivity contribution in [1.82, 2.24) is 10.3 Å². The van der Waals surface area contributed by atoms with Crippen molar-refractivity contribution in [1.29, 1.82) is 0 Å². The molecule has 0 spiro atoms. The SMILES string of the molecule is CC(NC(=O)CCc1ncc(-c2ccccc2Cl)o1)c1ccc(NC(N)=O)cc1. The van der Waals surface area contributed by atoms with Crippen LogP contribution in [0.3, 0.4) is 0 Å². The van der Waals surface area contributed by atoms with Gasteiger partial charge in [0.05, 0.1) is 17.3 Å². The summed E-state index contributed by atoms with van der Waals surface area (Å²) in [6.07, 6.45) is 2.23. The summed E-state index contributed by atoms with van der Waals surface area (Å²) in [6, 6.07) is 13.6. The molecule has 0 aliphatic heterocycles. The summed E-state index contributed by atoms with van der Waals surface area (Å²) in [7, 11) is 0. The van der Waals surface area contributed by atoms with Crippen molar-refractivity contribution in [2.45, 2.75) is 25.8 Å². The molecule has 1 unspecified atom stereocenters. The van der Waals surface area contributed by atoms with E-state index < -0.39 is 6.03 Å². The lowest BCUT2D eigenvalue weighted by Gasteiger charge is -2.14. The third kappa shape index (κ3) is 5.58. The quantitative estimate of drug-likeness (QED) is 0.537. The minimum Gasteiger partial charge on any atom is -0.441 e. The molecule has 1 atom stereocenters. The molecule has 3 amide bonds. The standard InChI is InChI=1S/C21H21ClN4O3/c1-13(14-6-8-15(9-7-14)26-21(23)28)25-19(27)10-11-20-24-12-18(29-20)16-4-2-3-5-17(16)22/h2-9,12-13H,10-11H2,1H3,(H,25,27)(H3,23,26,28). The second-order valence-electron chi connectivity index (χ2n) is 6.50. The number of primary amides is 1.